The molecule has 1 amide bonds. The number of thiophene rings is 1. The summed E-state index contributed by atoms with van der Waals surface area (Å²) in [5.41, 5.74) is -0.741. The van der Waals surface area contributed by atoms with Crippen LogP contribution in [0.15, 0.2) is 17.5 Å². The van der Waals surface area contributed by atoms with E-state index in [1.165, 1.54) is 16.2 Å². The SMILES string of the molecule is CN(C(=O)COC(=O)Cc1cccs1)C1(C#N)CCCCC1. The summed E-state index contributed by atoms with van der Waals surface area (Å²) in [4.78, 5) is 26.3. The van der Waals surface area contributed by atoms with Crippen LogP contribution in [-0.2, 0) is 20.7 Å². The molecule has 0 aromatic carbocycles. The highest BCUT2D eigenvalue weighted by Crippen LogP contribution is 2.32. The molecule has 2 rings (SSSR count). The standard InChI is InChI=1S/C16H20N2O3S/c1-18(16(12-17)7-3-2-4-8-16)14(19)11-21-15(20)10-13-6-5-9-22-13/h5-6,9H,2-4,7-8,10-11H2,1H3. The number of esters is 1. The van der Waals surface area contributed by atoms with E-state index in [1.807, 2.05) is 17.5 Å². The topological polar surface area (TPSA) is 70.4 Å². The van der Waals surface area contributed by atoms with Crippen LogP contribution in [0.3, 0.4) is 0 Å². The minimum absolute atomic E-state index is 0.179. The van der Waals surface area contributed by atoms with Crippen LogP contribution in [0, 0.1) is 11.3 Å². The van der Waals surface area contributed by atoms with Crippen molar-refractivity contribution in [3.05, 3.63) is 22.4 Å². The second kappa shape index (κ2) is 7.41. The average molecular weight is 320 g/mol. The van der Waals surface area contributed by atoms with Gasteiger partial charge in [-0.2, -0.15) is 5.26 Å². The molecule has 1 aromatic rings. The van der Waals surface area contributed by atoms with E-state index in [0.29, 0.717) is 12.8 Å². The zero-order chi connectivity index (χ0) is 16.0. The summed E-state index contributed by atoms with van der Waals surface area (Å²) in [5.74, 6) is -0.734. The van der Waals surface area contributed by atoms with Crippen LogP contribution in [0.4, 0.5) is 0 Å². The van der Waals surface area contributed by atoms with Crippen LogP contribution in [0.2, 0.25) is 0 Å². The first-order valence-electron chi connectivity index (χ1n) is 7.43. The summed E-state index contributed by atoms with van der Waals surface area (Å²) in [6.45, 7) is -0.301. The molecule has 0 saturated heterocycles. The van der Waals surface area contributed by atoms with Crippen molar-refractivity contribution < 1.29 is 14.3 Å². The largest absolute Gasteiger partial charge is 0.455 e. The number of carbonyl (C=O) groups is 2. The number of nitriles is 1. The highest BCUT2D eigenvalue weighted by molar-refractivity contribution is 7.10. The van der Waals surface area contributed by atoms with Gasteiger partial charge in [0.05, 0.1) is 12.5 Å². The maximum absolute atomic E-state index is 12.2. The van der Waals surface area contributed by atoms with Gasteiger partial charge in [-0.3, -0.25) is 9.59 Å². The number of hydrogen-bond donors (Lipinski definition) is 0. The molecule has 6 heteroatoms. The minimum Gasteiger partial charge on any atom is -0.455 e. The van der Waals surface area contributed by atoms with E-state index in [1.54, 1.807) is 7.05 Å². The Morgan fingerprint density at radius 1 is 1.41 bits per heavy atom. The normalized spacial score (nSPS) is 16.5. The Kier molecular flexibility index (Phi) is 5.56. The van der Waals surface area contributed by atoms with E-state index in [4.69, 9.17) is 4.74 Å². The van der Waals surface area contributed by atoms with Gasteiger partial charge >= 0.3 is 5.97 Å². The van der Waals surface area contributed by atoms with Gasteiger partial charge in [0, 0.05) is 11.9 Å². The van der Waals surface area contributed by atoms with Gasteiger partial charge in [0.15, 0.2) is 6.61 Å². The van der Waals surface area contributed by atoms with Crippen LogP contribution < -0.4 is 0 Å². The predicted octanol–water partition coefficient (Wildman–Crippen LogP) is 2.52. The van der Waals surface area contributed by atoms with Gasteiger partial charge in [-0.05, 0) is 24.3 Å². The van der Waals surface area contributed by atoms with Crippen LogP contribution >= 0.6 is 11.3 Å². The Labute approximate surface area is 134 Å². The van der Waals surface area contributed by atoms with E-state index in [9.17, 15) is 14.9 Å². The van der Waals surface area contributed by atoms with Crippen molar-refractivity contribution in [2.45, 2.75) is 44.1 Å². The fourth-order valence-electron chi connectivity index (χ4n) is 2.74. The average Bonchev–Trinajstić information content (AvgIpc) is 3.05. The summed E-state index contributed by atoms with van der Waals surface area (Å²) in [7, 11) is 1.63. The number of carbonyl (C=O) groups excluding carboxylic acids is 2. The van der Waals surface area contributed by atoms with Crippen molar-refractivity contribution in [1.82, 2.24) is 4.90 Å². The monoisotopic (exact) mass is 320 g/mol. The first-order valence-corrected chi connectivity index (χ1v) is 8.31. The molecule has 0 radical (unpaired) electrons. The maximum Gasteiger partial charge on any atom is 0.311 e. The molecule has 118 valence electrons. The lowest BCUT2D eigenvalue weighted by Crippen LogP contribution is -2.51. The first-order chi connectivity index (χ1) is 10.6. The van der Waals surface area contributed by atoms with E-state index in [0.717, 1.165) is 24.1 Å². The number of hydrogen-bond acceptors (Lipinski definition) is 5. The molecule has 1 saturated carbocycles. The molecule has 0 spiro atoms. The van der Waals surface area contributed by atoms with E-state index >= 15 is 0 Å². The zero-order valence-electron chi connectivity index (χ0n) is 12.7. The zero-order valence-corrected chi connectivity index (χ0v) is 13.5. The molecule has 1 aromatic heterocycles. The summed E-state index contributed by atoms with van der Waals surface area (Å²) in [6, 6.07) is 6.01. The van der Waals surface area contributed by atoms with Crippen molar-refractivity contribution in [3.8, 4) is 6.07 Å². The fourth-order valence-corrected chi connectivity index (χ4v) is 3.43. The third kappa shape index (κ3) is 3.86. The number of amides is 1. The Bertz CT molecular complexity index is 556. The van der Waals surface area contributed by atoms with Crippen LogP contribution in [0.25, 0.3) is 0 Å². The lowest BCUT2D eigenvalue weighted by atomic mass is 9.81. The second-order valence-electron chi connectivity index (χ2n) is 5.57. The number of likely N-dealkylation sites (N-methyl/N-ethyl adjacent to an activating group) is 1. The van der Waals surface area contributed by atoms with E-state index in [-0.39, 0.29) is 18.9 Å². The van der Waals surface area contributed by atoms with Gasteiger partial charge in [0.1, 0.15) is 5.54 Å². The van der Waals surface area contributed by atoms with Crippen LogP contribution in [0.1, 0.15) is 37.0 Å². The third-order valence-corrected chi connectivity index (χ3v) is 5.04. The summed E-state index contributed by atoms with van der Waals surface area (Å²) in [6.07, 6.45) is 4.55. The molecule has 5 nitrogen and oxygen atoms in total. The summed E-state index contributed by atoms with van der Waals surface area (Å²) in [5, 5.41) is 11.3. The van der Waals surface area contributed by atoms with Gasteiger partial charge in [0.2, 0.25) is 0 Å². The number of rotatable bonds is 5. The van der Waals surface area contributed by atoms with Gasteiger partial charge < -0.3 is 9.64 Å². The van der Waals surface area contributed by atoms with Gasteiger partial charge in [0.25, 0.3) is 5.91 Å². The second-order valence-corrected chi connectivity index (χ2v) is 6.61. The summed E-state index contributed by atoms with van der Waals surface area (Å²) < 4.78 is 5.05. The van der Waals surface area contributed by atoms with E-state index < -0.39 is 11.5 Å². The fraction of sp³-hybridized carbons (Fsp3) is 0.562. The molecule has 1 fully saturated rings. The van der Waals surface area contributed by atoms with Gasteiger partial charge in [-0.15, -0.1) is 11.3 Å². The Morgan fingerprint density at radius 3 is 2.73 bits per heavy atom. The van der Waals surface area contributed by atoms with Crippen molar-refractivity contribution in [3.63, 3.8) is 0 Å². The predicted molar refractivity (Wildman–Crippen MR) is 83.2 cm³/mol. The van der Waals surface area contributed by atoms with Crippen LogP contribution in [0.5, 0.6) is 0 Å². The van der Waals surface area contributed by atoms with Crippen LogP contribution in [-0.4, -0.2) is 36.0 Å². The lowest BCUT2D eigenvalue weighted by Gasteiger charge is -2.38. The lowest BCUT2D eigenvalue weighted by molar-refractivity contribution is -0.153. The molecule has 0 bridgehead atoms. The summed E-state index contributed by atoms with van der Waals surface area (Å²) >= 11 is 1.48. The molecule has 22 heavy (non-hydrogen) atoms. The molecular weight excluding hydrogens is 300 g/mol. The Balaban J connectivity index is 1.85. The van der Waals surface area contributed by atoms with E-state index in [2.05, 4.69) is 6.07 Å². The molecule has 0 N–H and O–H groups in total. The Morgan fingerprint density at radius 2 is 2.14 bits per heavy atom. The third-order valence-electron chi connectivity index (χ3n) is 4.16. The number of nitrogens with zero attached hydrogens (tertiary/aromatic N) is 2. The molecule has 1 aliphatic carbocycles. The Hall–Kier alpha value is -1.87. The molecule has 0 atom stereocenters. The van der Waals surface area contributed by atoms with Crippen molar-refractivity contribution >= 4 is 23.2 Å². The first kappa shape index (κ1) is 16.5. The number of ether oxygens (including phenoxy) is 1. The molecule has 0 aliphatic heterocycles. The quantitative estimate of drug-likeness (QED) is 0.782. The van der Waals surface area contributed by atoms with Crippen molar-refractivity contribution in [2.24, 2.45) is 0 Å². The molecule has 1 aliphatic rings. The van der Waals surface area contributed by atoms with Crippen molar-refractivity contribution in [1.29, 1.82) is 5.26 Å². The molecular formula is C16H20N2O3S. The maximum atomic E-state index is 12.2. The smallest absolute Gasteiger partial charge is 0.311 e. The highest BCUT2D eigenvalue weighted by atomic mass is 32.1. The molecule has 0 unspecified atom stereocenters. The van der Waals surface area contributed by atoms with Gasteiger partial charge in [-0.25, -0.2) is 0 Å². The highest BCUT2D eigenvalue weighted by Gasteiger charge is 2.38. The van der Waals surface area contributed by atoms with Gasteiger partial charge in [-0.1, -0.05) is 25.3 Å². The minimum atomic E-state index is -0.741. The van der Waals surface area contributed by atoms with Crippen molar-refractivity contribution in [2.75, 3.05) is 13.7 Å². The molecule has 1 heterocycles.